The molecule has 1 N–H and O–H groups in total. The summed E-state index contributed by atoms with van der Waals surface area (Å²) in [5.74, 6) is 0.716. The maximum Gasteiger partial charge on any atom is 0.00432 e. The van der Waals surface area contributed by atoms with Crippen molar-refractivity contribution in [2.24, 2.45) is 5.92 Å². The molecule has 0 atom stereocenters. The lowest BCUT2D eigenvalue weighted by Gasteiger charge is -2.26. The van der Waals surface area contributed by atoms with E-state index in [0.717, 1.165) is 13.1 Å². The van der Waals surface area contributed by atoms with Crippen molar-refractivity contribution in [1.29, 1.82) is 0 Å². The first-order chi connectivity index (χ1) is 7.42. The second-order valence-corrected chi connectivity index (χ2v) is 5.78. The van der Waals surface area contributed by atoms with Crippen molar-refractivity contribution in [3.05, 3.63) is 35.4 Å². The van der Waals surface area contributed by atoms with Crippen molar-refractivity contribution < 1.29 is 0 Å². The average molecular weight is 219 g/mol. The van der Waals surface area contributed by atoms with Crippen LogP contribution in [0.4, 0.5) is 0 Å². The molecule has 0 saturated heterocycles. The van der Waals surface area contributed by atoms with Gasteiger partial charge in [-0.1, -0.05) is 57.5 Å². The molecule has 1 heteroatoms. The summed E-state index contributed by atoms with van der Waals surface area (Å²) in [4.78, 5) is 0. The molecule has 0 fully saturated rings. The fourth-order valence-corrected chi connectivity index (χ4v) is 1.84. The molecular formula is C15H25N. The van der Waals surface area contributed by atoms with E-state index in [2.05, 4.69) is 64.2 Å². The monoisotopic (exact) mass is 219 g/mol. The van der Waals surface area contributed by atoms with E-state index in [0.29, 0.717) is 5.92 Å². The highest BCUT2D eigenvalue weighted by atomic mass is 14.9. The Morgan fingerprint density at radius 3 is 2.50 bits per heavy atom. The van der Waals surface area contributed by atoms with Crippen LogP contribution in [0.2, 0.25) is 0 Å². The van der Waals surface area contributed by atoms with Gasteiger partial charge < -0.3 is 5.32 Å². The molecule has 0 heterocycles. The Hall–Kier alpha value is -0.820. The number of rotatable bonds is 5. The molecule has 0 bridgehead atoms. The van der Waals surface area contributed by atoms with E-state index in [1.54, 1.807) is 0 Å². The van der Waals surface area contributed by atoms with Crippen LogP contribution in [-0.2, 0) is 5.41 Å². The summed E-state index contributed by atoms with van der Waals surface area (Å²) >= 11 is 0. The van der Waals surface area contributed by atoms with Crippen LogP contribution >= 0.6 is 0 Å². The van der Waals surface area contributed by atoms with Crippen LogP contribution in [0.1, 0.15) is 38.8 Å². The number of benzene rings is 1. The maximum absolute atomic E-state index is 3.54. The quantitative estimate of drug-likeness (QED) is 0.799. The third-order valence-corrected chi connectivity index (χ3v) is 2.92. The molecule has 0 aliphatic heterocycles. The second kappa shape index (κ2) is 5.49. The van der Waals surface area contributed by atoms with Gasteiger partial charge in [0.1, 0.15) is 0 Å². The van der Waals surface area contributed by atoms with Crippen LogP contribution in [0.5, 0.6) is 0 Å². The zero-order valence-corrected chi connectivity index (χ0v) is 11.3. The van der Waals surface area contributed by atoms with Gasteiger partial charge in [0, 0.05) is 12.0 Å². The Labute approximate surface area is 100 Å². The van der Waals surface area contributed by atoms with E-state index in [-0.39, 0.29) is 5.41 Å². The first-order valence-electron chi connectivity index (χ1n) is 6.19. The predicted octanol–water partition coefficient (Wildman–Crippen LogP) is 3.52. The lowest BCUT2D eigenvalue weighted by Crippen LogP contribution is -2.34. The minimum Gasteiger partial charge on any atom is -0.316 e. The van der Waals surface area contributed by atoms with E-state index in [1.165, 1.54) is 11.1 Å². The van der Waals surface area contributed by atoms with Crippen molar-refractivity contribution in [2.45, 2.75) is 40.0 Å². The number of hydrogen-bond acceptors (Lipinski definition) is 1. The zero-order valence-electron chi connectivity index (χ0n) is 11.3. The molecule has 0 aliphatic rings. The summed E-state index contributed by atoms with van der Waals surface area (Å²) in [5, 5.41) is 3.54. The van der Waals surface area contributed by atoms with Gasteiger partial charge in [0.25, 0.3) is 0 Å². The molecular weight excluding hydrogens is 194 g/mol. The minimum atomic E-state index is 0.209. The number of nitrogens with one attached hydrogen (secondary N) is 1. The van der Waals surface area contributed by atoms with Crippen molar-refractivity contribution in [3.8, 4) is 0 Å². The summed E-state index contributed by atoms with van der Waals surface area (Å²) < 4.78 is 0. The summed E-state index contributed by atoms with van der Waals surface area (Å²) in [5.41, 5.74) is 2.97. The molecule has 0 unspecified atom stereocenters. The molecule has 0 spiro atoms. The molecule has 0 aromatic heterocycles. The molecule has 16 heavy (non-hydrogen) atoms. The van der Waals surface area contributed by atoms with Gasteiger partial charge in [-0.2, -0.15) is 0 Å². The molecule has 90 valence electrons. The molecule has 0 saturated carbocycles. The third kappa shape index (κ3) is 3.97. The largest absolute Gasteiger partial charge is 0.316 e. The van der Waals surface area contributed by atoms with Crippen LogP contribution in [0.15, 0.2) is 24.3 Å². The Bertz CT molecular complexity index is 326. The van der Waals surface area contributed by atoms with Gasteiger partial charge >= 0.3 is 0 Å². The van der Waals surface area contributed by atoms with E-state index in [1.807, 2.05) is 0 Å². The van der Waals surface area contributed by atoms with Crippen LogP contribution in [0.3, 0.4) is 0 Å². The van der Waals surface area contributed by atoms with E-state index >= 15 is 0 Å². The molecule has 1 aromatic rings. The van der Waals surface area contributed by atoms with Gasteiger partial charge in [0.15, 0.2) is 0 Å². The standard InChI is InChI=1S/C15H25N/c1-12(2)10-16-11-15(4,5)14-8-6-7-13(3)9-14/h6-9,12,16H,10-11H2,1-5H3. The summed E-state index contributed by atoms with van der Waals surface area (Å²) in [7, 11) is 0. The van der Waals surface area contributed by atoms with Gasteiger partial charge in [-0.3, -0.25) is 0 Å². The summed E-state index contributed by atoms with van der Waals surface area (Å²) in [6.45, 7) is 13.4. The lowest BCUT2D eigenvalue weighted by atomic mass is 9.84. The first kappa shape index (κ1) is 13.2. The van der Waals surface area contributed by atoms with Crippen LogP contribution in [-0.4, -0.2) is 13.1 Å². The maximum atomic E-state index is 3.54. The highest BCUT2D eigenvalue weighted by molar-refractivity contribution is 5.28. The predicted molar refractivity (Wildman–Crippen MR) is 71.9 cm³/mol. The van der Waals surface area contributed by atoms with Crippen LogP contribution in [0.25, 0.3) is 0 Å². The smallest absolute Gasteiger partial charge is 0.00432 e. The Kier molecular flexibility index (Phi) is 4.55. The van der Waals surface area contributed by atoms with E-state index in [4.69, 9.17) is 0 Å². The van der Waals surface area contributed by atoms with Gasteiger partial charge in [-0.25, -0.2) is 0 Å². The zero-order chi connectivity index (χ0) is 12.2. The van der Waals surface area contributed by atoms with E-state index < -0.39 is 0 Å². The molecule has 1 rings (SSSR count). The van der Waals surface area contributed by atoms with Gasteiger partial charge in [-0.15, -0.1) is 0 Å². The van der Waals surface area contributed by atoms with Crippen LogP contribution < -0.4 is 5.32 Å². The molecule has 1 nitrogen and oxygen atoms in total. The first-order valence-corrected chi connectivity index (χ1v) is 6.19. The van der Waals surface area contributed by atoms with Gasteiger partial charge in [0.05, 0.1) is 0 Å². The Morgan fingerprint density at radius 1 is 1.25 bits per heavy atom. The fourth-order valence-electron chi connectivity index (χ4n) is 1.84. The fraction of sp³-hybridized carbons (Fsp3) is 0.600. The molecule has 1 aromatic carbocycles. The Balaban J connectivity index is 2.62. The SMILES string of the molecule is Cc1cccc(C(C)(C)CNCC(C)C)c1. The summed E-state index contributed by atoms with van der Waals surface area (Å²) in [6, 6.07) is 8.82. The van der Waals surface area contributed by atoms with Crippen molar-refractivity contribution >= 4 is 0 Å². The van der Waals surface area contributed by atoms with E-state index in [9.17, 15) is 0 Å². The molecule has 0 radical (unpaired) electrons. The highest BCUT2D eigenvalue weighted by Crippen LogP contribution is 2.22. The topological polar surface area (TPSA) is 12.0 Å². The lowest BCUT2D eigenvalue weighted by molar-refractivity contribution is 0.443. The van der Waals surface area contributed by atoms with Gasteiger partial charge in [0.2, 0.25) is 0 Å². The average Bonchev–Trinajstić information content (AvgIpc) is 2.16. The van der Waals surface area contributed by atoms with Crippen molar-refractivity contribution in [1.82, 2.24) is 5.32 Å². The number of hydrogen-bond donors (Lipinski definition) is 1. The second-order valence-electron chi connectivity index (χ2n) is 5.78. The van der Waals surface area contributed by atoms with Gasteiger partial charge in [-0.05, 0) is 24.9 Å². The molecule has 0 aliphatic carbocycles. The highest BCUT2D eigenvalue weighted by Gasteiger charge is 2.19. The van der Waals surface area contributed by atoms with Crippen LogP contribution in [0, 0.1) is 12.8 Å². The summed E-state index contributed by atoms with van der Waals surface area (Å²) in [6.07, 6.45) is 0. The van der Waals surface area contributed by atoms with Crippen molar-refractivity contribution in [3.63, 3.8) is 0 Å². The normalized spacial score (nSPS) is 12.1. The molecule has 0 amide bonds. The third-order valence-electron chi connectivity index (χ3n) is 2.92. The van der Waals surface area contributed by atoms with Crippen molar-refractivity contribution in [2.75, 3.05) is 13.1 Å². The Morgan fingerprint density at radius 2 is 1.94 bits per heavy atom. The minimum absolute atomic E-state index is 0.209. The number of aryl methyl sites for hydroxylation is 1.